The number of halogens is 10. The van der Waals surface area contributed by atoms with Crippen molar-refractivity contribution < 1.29 is 76.4 Å². The molecule has 0 aromatic rings. The first-order chi connectivity index (χ1) is 11.9. The van der Waals surface area contributed by atoms with Crippen LogP contribution in [-0.4, -0.2) is 80.3 Å². The minimum Gasteiger partial charge on any atom is -1.00 e. The van der Waals surface area contributed by atoms with Gasteiger partial charge in [0, 0.05) is 0 Å². The highest BCUT2D eigenvalue weighted by Crippen LogP contribution is 2.55. The van der Waals surface area contributed by atoms with Gasteiger partial charge in [0.05, 0.1) is 39.8 Å². The Morgan fingerprint density at radius 1 is 0.893 bits per heavy atom. The summed E-state index contributed by atoms with van der Waals surface area (Å²) in [5.41, 5.74) is 0. The van der Waals surface area contributed by atoms with Gasteiger partial charge in [-0.25, -0.2) is 8.42 Å². The van der Waals surface area contributed by atoms with Gasteiger partial charge in [0.1, 0.15) is 0 Å². The van der Waals surface area contributed by atoms with Crippen molar-refractivity contribution in [3.63, 3.8) is 0 Å². The SMILES string of the molecule is CCCC[N+]1(C)CCN(S(=O)(=O)C(F)(F)C(F)(F)C(F)(F)C(F)(F)F)CC1.[I-]. The second-order valence-corrected chi connectivity index (χ2v) is 8.69. The maximum atomic E-state index is 13.8. The van der Waals surface area contributed by atoms with E-state index in [0.717, 1.165) is 12.8 Å². The molecule has 1 heterocycles. The van der Waals surface area contributed by atoms with Gasteiger partial charge in [0.15, 0.2) is 0 Å². The van der Waals surface area contributed by atoms with Crippen molar-refractivity contribution in [3.05, 3.63) is 0 Å². The molecule has 1 rings (SSSR count). The van der Waals surface area contributed by atoms with Gasteiger partial charge >= 0.3 is 23.3 Å². The summed E-state index contributed by atoms with van der Waals surface area (Å²) in [7, 11) is -4.80. The number of hydrogen-bond acceptors (Lipinski definition) is 2. The van der Waals surface area contributed by atoms with Gasteiger partial charge in [0.2, 0.25) is 0 Å². The van der Waals surface area contributed by atoms with E-state index in [1.54, 1.807) is 7.05 Å². The van der Waals surface area contributed by atoms with Crippen LogP contribution in [0.2, 0.25) is 0 Å². The predicted molar refractivity (Wildman–Crippen MR) is 77.1 cm³/mol. The van der Waals surface area contributed by atoms with Crippen LogP contribution < -0.4 is 24.0 Å². The third-order valence-electron chi connectivity index (χ3n) is 4.61. The predicted octanol–water partition coefficient (Wildman–Crippen LogP) is 0.308. The average Bonchev–Trinajstić information content (AvgIpc) is 2.51. The largest absolute Gasteiger partial charge is 1.00 e. The van der Waals surface area contributed by atoms with Crippen molar-refractivity contribution in [2.45, 2.75) is 43.0 Å². The molecule has 0 bridgehead atoms. The monoisotopic (exact) mass is 566 g/mol. The third-order valence-corrected chi connectivity index (χ3v) is 6.56. The topological polar surface area (TPSA) is 37.4 Å². The van der Waals surface area contributed by atoms with Crippen molar-refractivity contribution in [2.24, 2.45) is 0 Å². The number of quaternary nitrogens is 1. The highest BCUT2D eigenvalue weighted by atomic mass is 127. The number of sulfonamides is 1. The molecular weight excluding hydrogens is 546 g/mol. The lowest BCUT2D eigenvalue weighted by atomic mass is 10.1. The van der Waals surface area contributed by atoms with Crippen LogP contribution in [0.25, 0.3) is 0 Å². The summed E-state index contributed by atoms with van der Waals surface area (Å²) in [6, 6.07) is 0. The van der Waals surface area contributed by atoms with E-state index in [0.29, 0.717) is 6.54 Å². The van der Waals surface area contributed by atoms with Crippen LogP contribution in [0, 0.1) is 0 Å². The van der Waals surface area contributed by atoms with Crippen LogP contribution in [0.4, 0.5) is 39.5 Å². The van der Waals surface area contributed by atoms with Gasteiger partial charge in [-0.05, 0) is 6.42 Å². The number of alkyl halides is 9. The minimum atomic E-state index is -7.24. The Hall–Kier alpha value is -0.0300. The highest BCUT2D eigenvalue weighted by Gasteiger charge is 2.85. The smallest absolute Gasteiger partial charge is 0.460 e. The summed E-state index contributed by atoms with van der Waals surface area (Å²) < 4.78 is 140. The Bertz CT molecular complexity index is 632. The molecule has 1 aliphatic rings. The van der Waals surface area contributed by atoms with Crippen molar-refractivity contribution in [3.8, 4) is 0 Å². The molecule has 15 heteroatoms. The van der Waals surface area contributed by atoms with Crippen molar-refractivity contribution >= 4 is 10.0 Å². The summed E-state index contributed by atoms with van der Waals surface area (Å²) in [6.45, 7) is 0.865. The van der Waals surface area contributed by atoms with Crippen molar-refractivity contribution in [1.29, 1.82) is 0 Å². The molecule has 0 saturated carbocycles. The molecule has 4 nitrogen and oxygen atoms in total. The zero-order valence-corrected chi connectivity index (χ0v) is 17.8. The Morgan fingerprint density at radius 3 is 1.68 bits per heavy atom. The number of likely N-dealkylation sites (N-methyl/N-ethyl adjacent to an activating group) is 1. The molecule has 0 aromatic carbocycles. The van der Waals surface area contributed by atoms with E-state index in [1.807, 2.05) is 6.92 Å². The van der Waals surface area contributed by atoms with E-state index in [4.69, 9.17) is 0 Å². The lowest BCUT2D eigenvalue weighted by Gasteiger charge is -2.43. The van der Waals surface area contributed by atoms with Crippen LogP contribution in [-0.2, 0) is 10.0 Å². The molecule has 0 amide bonds. The Kier molecular flexibility index (Phi) is 8.60. The number of piperazine rings is 1. The molecule has 0 radical (unpaired) electrons. The fourth-order valence-corrected chi connectivity index (χ4v) is 4.04. The number of nitrogens with zero attached hydrogens (tertiary/aromatic N) is 2. The van der Waals surface area contributed by atoms with Crippen LogP contribution in [0.5, 0.6) is 0 Å². The highest BCUT2D eigenvalue weighted by molar-refractivity contribution is 7.90. The lowest BCUT2D eigenvalue weighted by molar-refractivity contribution is -0.913. The van der Waals surface area contributed by atoms with E-state index < -0.39 is 46.4 Å². The third kappa shape index (κ3) is 4.66. The molecular formula is C13H20F9IN2O2S. The van der Waals surface area contributed by atoms with Crippen molar-refractivity contribution in [1.82, 2.24) is 4.31 Å². The molecule has 170 valence electrons. The molecule has 0 unspecified atom stereocenters. The lowest BCUT2D eigenvalue weighted by Crippen LogP contribution is -3.00. The normalized spacial score (nSPS) is 20.0. The quantitative estimate of drug-likeness (QED) is 0.253. The van der Waals surface area contributed by atoms with Gasteiger partial charge in [-0.2, -0.15) is 43.8 Å². The summed E-state index contributed by atoms with van der Waals surface area (Å²) in [4.78, 5) is 0. The average molecular weight is 566 g/mol. The van der Waals surface area contributed by atoms with E-state index in [1.165, 1.54) is 0 Å². The minimum absolute atomic E-state index is 0. The Labute approximate surface area is 173 Å². The summed E-state index contributed by atoms with van der Waals surface area (Å²) >= 11 is 0. The standard InChI is InChI=1S/C13H20F9N2O2S.HI/c1-3-4-7-24(2)8-5-23(6-9-24)27(25,26)13(21,22)11(16,17)10(14,15)12(18,19)20;/h3-9H2,1-2H3;1H/q+1;/p-1. The maximum Gasteiger partial charge on any atom is 0.460 e. The molecule has 0 atom stereocenters. The number of rotatable bonds is 7. The van der Waals surface area contributed by atoms with Gasteiger partial charge in [-0.15, -0.1) is 0 Å². The van der Waals surface area contributed by atoms with Gasteiger partial charge in [-0.3, -0.25) is 0 Å². The molecule has 0 spiro atoms. The molecule has 1 aliphatic heterocycles. The summed E-state index contributed by atoms with van der Waals surface area (Å²) in [5.74, 6) is -14.4. The number of unbranched alkanes of at least 4 members (excludes halogenated alkanes) is 1. The summed E-state index contributed by atoms with van der Waals surface area (Å²) in [5, 5.41) is -6.65. The van der Waals surface area contributed by atoms with Crippen LogP contribution in [0.15, 0.2) is 0 Å². The van der Waals surface area contributed by atoms with Crippen LogP contribution >= 0.6 is 0 Å². The van der Waals surface area contributed by atoms with Gasteiger partial charge < -0.3 is 28.5 Å². The van der Waals surface area contributed by atoms with E-state index in [9.17, 15) is 47.9 Å². The fourth-order valence-electron chi connectivity index (χ4n) is 2.62. The molecule has 1 fully saturated rings. The molecule has 0 aliphatic carbocycles. The Balaban J connectivity index is 0.00000729. The molecule has 28 heavy (non-hydrogen) atoms. The summed E-state index contributed by atoms with van der Waals surface area (Å²) in [6.07, 6.45) is -5.56. The molecule has 0 N–H and O–H groups in total. The van der Waals surface area contributed by atoms with Crippen molar-refractivity contribution in [2.75, 3.05) is 39.8 Å². The zero-order valence-electron chi connectivity index (χ0n) is 14.8. The van der Waals surface area contributed by atoms with Crippen LogP contribution in [0.1, 0.15) is 19.8 Å². The first-order valence-corrected chi connectivity index (χ1v) is 9.35. The molecule has 1 saturated heterocycles. The Morgan fingerprint density at radius 2 is 1.32 bits per heavy atom. The van der Waals surface area contributed by atoms with E-state index in [2.05, 4.69) is 0 Å². The number of hydrogen-bond donors (Lipinski definition) is 0. The van der Waals surface area contributed by atoms with E-state index >= 15 is 0 Å². The second-order valence-electron chi connectivity index (χ2n) is 6.71. The first kappa shape index (κ1) is 28.0. The fraction of sp³-hybridized carbons (Fsp3) is 1.00. The second kappa shape index (κ2) is 8.61. The first-order valence-electron chi connectivity index (χ1n) is 7.91. The van der Waals surface area contributed by atoms with Crippen LogP contribution in [0.3, 0.4) is 0 Å². The maximum absolute atomic E-state index is 13.8. The van der Waals surface area contributed by atoms with Gasteiger partial charge in [-0.1, -0.05) is 13.3 Å². The zero-order chi connectivity index (χ0) is 21.5. The molecule has 0 aromatic heterocycles. The van der Waals surface area contributed by atoms with E-state index in [-0.39, 0.29) is 45.9 Å². The van der Waals surface area contributed by atoms with Gasteiger partial charge in [0.25, 0.3) is 10.0 Å².